The van der Waals surface area contributed by atoms with Gasteiger partial charge in [-0.3, -0.25) is 9.78 Å². The molecule has 3 rings (SSSR count). The molecule has 1 N–H and O–H groups in total. The van der Waals surface area contributed by atoms with Crippen molar-refractivity contribution in [3.05, 3.63) is 58.7 Å². The lowest BCUT2D eigenvalue weighted by Gasteiger charge is -2.31. The van der Waals surface area contributed by atoms with E-state index in [0.717, 1.165) is 30.4 Å². The smallest absolute Gasteiger partial charge is 0.253 e. The average molecular weight is 477 g/mol. The van der Waals surface area contributed by atoms with E-state index in [1.165, 1.54) is 16.4 Å². The van der Waals surface area contributed by atoms with Crippen LogP contribution in [0.5, 0.6) is 0 Å². The van der Waals surface area contributed by atoms with Gasteiger partial charge in [0.25, 0.3) is 5.91 Å². The molecule has 9 heteroatoms. The number of nitrogens with zero attached hydrogens (tertiary/aromatic N) is 3. The molecule has 0 atom stereocenters. The maximum absolute atomic E-state index is 13.9. The molecule has 0 radical (unpaired) electrons. The lowest BCUT2D eigenvalue weighted by molar-refractivity contribution is 0.0949. The highest BCUT2D eigenvalue weighted by Gasteiger charge is 2.32. The van der Waals surface area contributed by atoms with E-state index in [0.29, 0.717) is 43.6 Å². The predicted octanol–water partition coefficient (Wildman–Crippen LogP) is 3.09. The number of aromatic nitrogens is 1. The number of hydrogen-bond acceptors (Lipinski definition) is 5. The third kappa shape index (κ3) is 6.16. The van der Waals surface area contributed by atoms with Crippen LogP contribution in [-0.4, -0.2) is 68.8 Å². The summed E-state index contributed by atoms with van der Waals surface area (Å²) in [5.41, 5.74) is 2.50. The number of amides is 1. The molecule has 1 saturated heterocycles. The standard InChI is InChI=1S/C24H33FN4O3S/c1-17-6-8-20(16-22(17)25)33(31,32)29-14-10-19(11-15-29)23-21(9-7-18(2)27-23)24(30)26-12-5-13-28(3)4/h6-9,16,19H,5,10-15H2,1-4H3,(H,26,30). The molecule has 1 fully saturated rings. The Morgan fingerprint density at radius 3 is 2.52 bits per heavy atom. The Kier molecular flexibility index (Phi) is 8.20. The number of carbonyl (C=O) groups is 1. The summed E-state index contributed by atoms with van der Waals surface area (Å²) in [6.45, 7) is 5.53. The molecule has 0 spiro atoms. The fraction of sp³-hybridized carbons (Fsp3) is 0.500. The minimum Gasteiger partial charge on any atom is -0.352 e. The molecular formula is C24H33FN4O3S. The van der Waals surface area contributed by atoms with Crippen LogP contribution < -0.4 is 5.32 Å². The second-order valence-electron chi connectivity index (χ2n) is 8.89. The summed E-state index contributed by atoms with van der Waals surface area (Å²) in [5, 5.41) is 2.97. The number of piperidine rings is 1. The molecule has 2 heterocycles. The number of carbonyl (C=O) groups excluding carboxylic acids is 1. The fourth-order valence-corrected chi connectivity index (χ4v) is 5.51. The van der Waals surface area contributed by atoms with E-state index in [1.807, 2.05) is 27.1 Å². The second-order valence-corrected chi connectivity index (χ2v) is 10.8. The van der Waals surface area contributed by atoms with Crippen LogP contribution in [-0.2, 0) is 10.0 Å². The van der Waals surface area contributed by atoms with Crippen molar-refractivity contribution in [2.75, 3.05) is 40.3 Å². The van der Waals surface area contributed by atoms with Gasteiger partial charge in [-0.15, -0.1) is 0 Å². The first-order valence-corrected chi connectivity index (χ1v) is 12.7. The van der Waals surface area contributed by atoms with Gasteiger partial charge < -0.3 is 10.2 Å². The van der Waals surface area contributed by atoms with Crippen LogP contribution in [0.3, 0.4) is 0 Å². The molecule has 1 amide bonds. The van der Waals surface area contributed by atoms with Crippen molar-refractivity contribution in [1.29, 1.82) is 0 Å². The SMILES string of the molecule is Cc1ccc(C(=O)NCCCN(C)C)c(C2CCN(S(=O)(=O)c3ccc(C)c(F)c3)CC2)n1. The zero-order chi connectivity index (χ0) is 24.2. The predicted molar refractivity (Wildman–Crippen MR) is 126 cm³/mol. The van der Waals surface area contributed by atoms with Gasteiger partial charge in [0.15, 0.2) is 0 Å². The van der Waals surface area contributed by atoms with E-state index in [1.54, 1.807) is 13.0 Å². The first-order valence-electron chi connectivity index (χ1n) is 11.3. The Hall–Kier alpha value is -2.36. The number of halogens is 1. The summed E-state index contributed by atoms with van der Waals surface area (Å²) >= 11 is 0. The molecule has 180 valence electrons. The summed E-state index contributed by atoms with van der Waals surface area (Å²) in [4.78, 5) is 19.5. The number of benzene rings is 1. The lowest BCUT2D eigenvalue weighted by atomic mass is 9.90. The average Bonchev–Trinajstić information content (AvgIpc) is 2.78. The summed E-state index contributed by atoms with van der Waals surface area (Å²) in [7, 11) is 0.210. The van der Waals surface area contributed by atoms with Crippen molar-refractivity contribution < 1.29 is 17.6 Å². The van der Waals surface area contributed by atoms with Crippen molar-refractivity contribution >= 4 is 15.9 Å². The Bertz CT molecular complexity index is 1100. The lowest BCUT2D eigenvalue weighted by Crippen LogP contribution is -2.38. The van der Waals surface area contributed by atoms with Gasteiger partial charge in [0.05, 0.1) is 16.2 Å². The minimum absolute atomic E-state index is 0.0198. The van der Waals surface area contributed by atoms with Gasteiger partial charge in [0.1, 0.15) is 5.82 Å². The number of nitrogens with one attached hydrogen (secondary N) is 1. The van der Waals surface area contributed by atoms with Crippen LogP contribution >= 0.6 is 0 Å². The number of aryl methyl sites for hydroxylation is 2. The zero-order valence-corrected chi connectivity index (χ0v) is 20.6. The van der Waals surface area contributed by atoms with Crippen LogP contribution in [0.25, 0.3) is 0 Å². The molecule has 0 bridgehead atoms. The van der Waals surface area contributed by atoms with Crippen LogP contribution in [0.2, 0.25) is 0 Å². The van der Waals surface area contributed by atoms with E-state index in [9.17, 15) is 17.6 Å². The molecule has 0 saturated carbocycles. The maximum Gasteiger partial charge on any atom is 0.253 e. The summed E-state index contributed by atoms with van der Waals surface area (Å²) < 4.78 is 41.3. The Labute approximate surface area is 196 Å². The molecule has 33 heavy (non-hydrogen) atoms. The van der Waals surface area contributed by atoms with Crippen molar-refractivity contribution in [2.45, 2.75) is 43.9 Å². The molecule has 1 aliphatic heterocycles. The Morgan fingerprint density at radius 1 is 1.18 bits per heavy atom. The monoisotopic (exact) mass is 476 g/mol. The van der Waals surface area contributed by atoms with Crippen LogP contribution in [0.1, 0.15) is 52.5 Å². The highest BCUT2D eigenvalue weighted by atomic mass is 32.2. The zero-order valence-electron chi connectivity index (χ0n) is 19.8. The minimum atomic E-state index is -3.77. The largest absolute Gasteiger partial charge is 0.352 e. The third-order valence-corrected chi connectivity index (χ3v) is 7.89. The number of sulfonamides is 1. The van der Waals surface area contributed by atoms with Gasteiger partial charge in [-0.05, 0) is 83.6 Å². The first kappa shape index (κ1) is 25.3. The van der Waals surface area contributed by atoms with Gasteiger partial charge in [-0.25, -0.2) is 12.8 Å². The van der Waals surface area contributed by atoms with Gasteiger partial charge in [0.2, 0.25) is 10.0 Å². The number of rotatable bonds is 8. The van der Waals surface area contributed by atoms with Gasteiger partial charge in [0, 0.05) is 31.2 Å². The molecule has 1 aromatic heterocycles. The fourth-order valence-electron chi connectivity index (χ4n) is 4.03. The topological polar surface area (TPSA) is 82.6 Å². The van der Waals surface area contributed by atoms with E-state index in [2.05, 4.69) is 15.2 Å². The van der Waals surface area contributed by atoms with Gasteiger partial charge in [-0.1, -0.05) is 6.07 Å². The Morgan fingerprint density at radius 2 is 1.88 bits per heavy atom. The van der Waals surface area contributed by atoms with Crippen molar-refractivity contribution in [3.8, 4) is 0 Å². The highest BCUT2D eigenvalue weighted by Crippen LogP contribution is 2.32. The summed E-state index contributed by atoms with van der Waals surface area (Å²) in [6, 6.07) is 7.63. The van der Waals surface area contributed by atoms with E-state index >= 15 is 0 Å². The molecule has 2 aromatic rings. The van der Waals surface area contributed by atoms with Crippen LogP contribution in [0.15, 0.2) is 35.2 Å². The quantitative estimate of drug-likeness (QED) is 0.592. The van der Waals surface area contributed by atoms with E-state index in [4.69, 9.17) is 0 Å². The number of hydrogen-bond donors (Lipinski definition) is 1. The Balaban J connectivity index is 1.70. The van der Waals surface area contributed by atoms with Crippen molar-refractivity contribution in [2.24, 2.45) is 0 Å². The van der Waals surface area contributed by atoms with Crippen LogP contribution in [0, 0.1) is 19.7 Å². The molecule has 1 aliphatic rings. The van der Waals surface area contributed by atoms with Crippen molar-refractivity contribution in [3.63, 3.8) is 0 Å². The normalized spacial score (nSPS) is 15.7. The molecule has 0 aliphatic carbocycles. The van der Waals surface area contributed by atoms with E-state index in [-0.39, 0.29) is 16.7 Å². The number of pyridine rings is 1. The summed E-state index contributed by atoms with van der Waals surface area (Å²) in [6.07, 6.45) is 1.94. The third-order valence-electron chi connectivity index (χ3n) is 6.00. The van der Waals surface area contributed by atoms with Gasteiger partial charge in [-0.2, -0.15) is 4.31 Å². The first-order chi connectivity index (χ1) is 15.6. The van der Waals surface area contributed by atoms with Gasteiger partial charge >= 0.3 is 0 Å². The van der Waals surface area contributed by atoms with Crippen LogP contribution in [0.4, 0.5) is 4.39 Å². The molecule has 1 aromatic carbocycles. The summed E-state index contributed by atoms with van der Waals surface area (Å²) in [5.74, 6) is -0.703. The molecular weight excluding hydrogens is 443 g/mol. The van der Waals surface area contributed by atoms with Crippen molar-refractivity contribution in [1.82, 2.24) is 19.5 Å². The second kappa shape index (κ2) is 10.7. The molecule has 0 unspecified atom stereocenters. The van der Waals surface area contributed by atoms with E-state index < -0.39 is 15.8 Å². The highest BCUT2D eigenvalue weighted by molar-refractivity contribution is 7.89. The molecule has 7 nitrogen and oxygen atoms in total. The maximum atomic E-state index is 13.9.